The molecule has 0 saturated carbocycles. The molecule has 9 nitrogen and oxygen atoms in total. The van der Waals surface area contributed by atoms with Gasteiger partial charge in [-0.25, -0.2) is 4.98 Å². The molecule has 0 unspecified atom stereocenters. The molecule has 0 atom stereocenters. The van der Waals surface area contributed by atoms with Crippen molar-refractivity contribution in [3.05, 3.63) is 42.9 Å². The monoisotopic (exact) mass is 432 g/mol. The van der Waals surface area contributed by atoms with Crippen LogP contribution in [-0.2, 0) is 4.74 Å². The van der Waals surface area contributed by atoms with Gasteiger partial charge in [-0.2, -0.15) is 9.97 Å². The molecule has 0 spiro atoms. The Balaban J connectivity index is 1.42. The van der Waals surface area contributed by atoms with Crippen LogP contribution in [0.5, 0.6) is 0 Å². The second-order valence-electron chi connectivity index (χ2n) is 8.23. The Bertz CT molecular complexity index is 1220. The zero-order valence-corrected chi connectivity index (χ0v) is 18.5. The van der Waals surface area contributed by atoms with E-state index in [-0.39, 0.29) is 6.04 Å². The summed E-state index contributed by atoms with van der Waals surface area (Å²) in [4.78, 5) is 20.9. The predicted molar refractivity (Wildman–Crippen MR) is 126 cm³/mol. The number of pyridine rings is 1. The van der Waals surface area contributed by atoms with Crippen LogP contribution >= 0.6 is 0 Å². The van der Waals surface area contributed by atoms with E-state index in [0.29, 0.717) is 5.95 Å². The minimum atomic E-state index is 0.246. The molecule has 1 saturated heterocycles. The lowest BCUT2D eigenvalue weighted by Crippen LogP contribution is -2.39. The van der Waals surface area contributed by atoms with E-state index in [4.69, 9.17) is 14.7 Å². The minimum Gasteiger partial charge on any atom is -0.379 e. The first-order valence-corrected chi connectivity index (χ1v) is 11.1. The summed E-state index contributed by atoms with van der Waals surface area (Å²) in [5.41, 5.74) is 3.47. The summed E-state index contributed by atoms with van der Waals surface area (Å²) >= 11 is 0. The van der Waals surface area contributed by atoms with E-state index in [1.54, 1.807) is 6.20 Å². The van der Waals surface area contributed by atoms with Gasteiger partial charge in [0.1, 0.15) is 0 Å². The smallest absolute Gasteiger partial charge is 0.231 e. The fraction of sp³-hybridized carbons (Fsp3) is 0.391. The van der Waals surface area contributed by atoms with Crippen molar-refractivity contribution in [2.24, 2.45) is 0 Å². The zero-order valence-electron chi connectivity index (χ0n) is 18.5. The van der Waals surface area contributed by atoms with Crippen LogP contribution in [0, 0.1) is 0 Å². The van der Waals surface area contributed by atoms with Crippen LogP contribution in [0.25, 0.3) is 22.1 Å². The van der Waals surface area contributed by atoms with Crippen molar-refractivity contribution >= 4 is 39.5 Å². The molecule has 2 N–H and O–H groups in total. The average Bonchev–Trinajstić information content (AvgIpc) is 3.24. The third kappa shape index (κ3) is 4.35. The predicted octanol–water partition coefficient (Wildman–Crippen LogP) is 3.44. The van der Waals surface area contributed by atoms with Crippen LogP contribution in [0.4, 0.5) is 17.5 Å². The Hall–Kier alpha value is -3.30. The molecule has 166 valence electrons. The SMILES string of the molecule is CC(C)n1cnc2c(NCCN3CCOCC3)nc(Nc3ccc4ncccc4c3)nc21. The normalized spacial score (nSPS) is 15.0. The maximum absolute atomic E-state index is 5.44. The molecule has 9 heteroatoms. The first kappa shape index (κ1) is 20.6. The van der Waals surface area contributed by atoms with E-state index >= 15 is 0 Å². The summed E-state index contributed by atoms with van der Waals surface area (Å²) in [6, 6.07) is 10.3. The molecule has 1 aromatic carbocycles. The van der Waals surface area contributed by atoms with Crippen molar-refractivity contribution in [3.63, 3.8) is 0 Å². The Morgan fingerprint density at radius 3 is 2.81 bits per heavy atom. The topological polar surface area (TPSA) is 93.0 Å². The molecule has 5 rings (SSSR count). The van der Waals surface area contributed by atoms with Gasteiger partial charge in [0.2, 0.25) is 5.95 Å². The number of nitrogens with one attached hydrogen (secondary N) is 2. The average molecular weight is 433 g/mol. The number of fused-ring (bicyclic) bond motifs is 2. The molecule has 1 aliphatic heterocycles. The second-order valence-corrected chi connectivity index (χ2v) is 8.23. The lowest BCUT2D eigenvalue weighted by molar-refractivity contribution is 0.0398. The molecule has 0 amide bonds. The number of ether oxygens (including phenoxy) is 1. The van der Waals surface area contributed by atoms with E-state index in [2.05, 4.69) is 50.0 Å². The van der Waals surface area contributed by atoms with Crippen molar-refractivity contribution in [1.29, 1.82) is 0 Å². The number of aromatic nitrogens is 5. The van der Waals surface area contributed by atoms with Gasteiger partial charge in [-0.3, -0.25) is 9.88 Å². The summed E-state index contributed by atoms with van der Waals surface area (Å²) in [6.45, 7) is 9.48. The molecule has 4 aromatic rings. The van der Waals surface area contributed by atoms with Crippen molar-refractivity contribution in [2.75, 3.05) is 50.0 Å². The van der Waals surface area contributed by atoms with Gasteiger partial charge in [0.15, 0.2) is 17.0 Å². The molecule has 0 aliphatic carbocycles. The van der Waals surface area contributed by atoms with E-state index in [1.807, 2.05) is 30.6 Å². The van der Waals surface area contributed by atoms with E-state index in [0.717, 1.165) is 73.0 Å². The van der Waals surface area contributed by atoms with Crippen LogP contribution < -0.4 is 10.6 Å². The lowest BCUT2D eigenvalue weighted by atomic mass is 10.2. The highest BCUT2D eigenvalue weighted by Crippen LogP contribution is 2.26. The molecule has 0 bridgehead atoms. The maximum Gasteiger partial charge on any atom is 0.231 e. The van der Waals surface area contributed by atoms with Crippen molar-refractivity contribution < 1.29 is 4.74 Å². The zero-order chi connectivity index (χ0) is 21.9. The highest BCUT2D eigenvalue weighted by molar-refractivity contribution is 5.86. The number of anilines is 3. The standard InChI is InChI=1S/C23H28N8O/c1-16(2)31-15-26-20-21(25-8-9-30-10-12-32-13-11-30)28-23(29-22(20)31)27-18-5-6-19-17(14-18)4-3-7-24-19/h3-7,14-16H,8-13H2,1-2H3,(H2,25,27,28,29). The van der Waals surface area contributed by atoms with Gasteiger partial charge in [-0.1, -0.05) is 6.07 Å². The van der Waals surface area contributed by atoms with Gasteiger partial charge >= 0.3 is 0 Å². The van der Waals surface area contributed by atoms with Crippen LogP contribution in [0.3, 0.4) is 0 Å². The highest BCUT2D eigenvalue weighted by atomic mass is 16.5. The maximum atomic E-state index is 5.44. The molecular weight excluding hydrogens is 404 g/mol. The Morgan fingerprint density at radius 1 is 1.09 bits per heavy atom. The minimum absolute atomic E-state index is 0.246. The summed E-state index contributed by atoms with van der Waals surface area (Å²) in [7, 11) is 0. The summed E-state index contributed by atoms with van der Waals surface area (Å²) in [6.07, 6.45) is 3.64. The fourth-order valence-electron chi connectivity index (χ4n) is 3.91. The number of hydrogen-bond acceptors (Lipinski definition) is 8. The van der Waals surface area contributed by atoms with Crippen LogP contribution in [0.1, 0.15) is 19.9 Å². The van der Waals surface area contributed by atoms with Crippen LogP contribution in [0.15, 0.2) is 42.9 Å². The van der Waals surface area contributed by atoms with Gasteiger partial charge in [0.25, 0.3) is 0 Å². The van der Waals surface area contributed by atoms with Gasteiger partial charge in [-0.05, 0) is 38.1 Å². The number of imidazole rings is 1. The van der Waals surface area contributed by atoms with Gasteiger partial charge in [-0.15, -0.1) is 0 Å². The molecule has 1 fully saturated rings. The number of rotatable bonds is 7. The first-order valence-electron chi connectivity index (χ1n) is 11.1. The molecule has 4 heterocycles. The third-order valence-electron chi connectivity index (χ3n) is 5.66. The van der Waals surface area contributed by atoms with Crippen LogP contribution in [-0.4, -0.2) is 68.8 Å². The van der Waals surface area contributed by atoms with Gasteiger partial charge in [0.05, 0.1) is 25.1 Å². The van der Waals surface area contributed by atoms with E-state index in [9.17, 15) is 0 Å². The number of morpholine rings is 1. The Kier molecular flexibility index (Phi) is 5.83. The quantitative estimate of drug-likeness (QED) is 0.459. The third-order valence-corrected chi connectivity index (χ3v) is 5.66. The lowest BCUT2D eigenvalue weighted by Gasteiger charge is -2.26. The van der Waals surface area contributed by atoms with Gasteiger partial charge in [0, 0.05) is 49.5 Å². The number of benzene rings is 1. The Labute approximate surface area is 186 Å². The molecular formula is C23H28N8O. The Morgan fingerprint density at radius 2 is 1.97 bits per heavy atom. The van der Waals surface area contributed by atoms with E-state index < -0.39 is 0 Å². The summed E-state index contributed by atoms with van der Waals surface area (Å²) < 4.78 is 7.51. The summed E-state index contributed by atoms with van der Waals surface area (Å²) in [5, 5.41) is 7.91. The van der Waals surface area contributed by atoms with Crippen molar-refractivity contribution in [2.45, 2.75) is 19.9 Å². The summed E-state index contributed by atoms with van der Waals surface area (Å²) in [5.74, 6) is 1.28. The number of hydrogen-bond donors (Lipinski definition) is 2. The highest BCUT2D eigenvalue weighted by Gasteiger charge is 2.16. The molecule has 3 aromatic heterocycles. The van der Waals surface area contributed by atoms with Crippen molar-refractivity contribution in [3.8, 4) is 0 Å². The van der Waals surface area contributed by atoms with E-state index in [1.165, 1.54) is 0 Å². The number of nitrogens with zero attached hydrogens (tertiary/aromatic N) is 6. The van der Waals surface area contributed by atoms with Crippen LogP contribution in [0.2, 0.25) is 0 Å². The fourth-order valence-corrected chi connectivity index (χ4v) is 3.91. The molecule has 0 radical (unpaired) electrons. The first-order chi connectivity index (χ1) is 15.7. The molecule has 32 heavy (non-hydrogen) atoms. The largest absolute Gasteiger partial charge is 0.379 e. The van der Waals surface area contributed by atoms with Crippen molar-refractivity contribution in [1.82, 2.24) is 29.4 Å². The molecule has 1 aliphatic rings. The second kappa shape index (κ2) is 9.05. The van der Waals surface area contributed by atoms with Gasteiger partial charge < -0.3 is 19.9 Å².